The lowest BCUT2D eigenvalue weighted by Gasteiger charge is -2.32. The number of rotatable bonds is 7. The van der Waals surface area contributed by atoms with Crippen LogP contribution in [0.1, 0.15) is 45.1 Å². The van der Waals surface area contributed by atoms with Gasteiger partial charge in [0.05, 0.1) is 17.7 Å². The third-order valence-corrected chi connectivity index (χ3v) is 4.98. The molecule has 1 aromatic heterocycles. The normalized spacial score (nSPS) is 18.2. The minimum atomic E-state index is -1.11. The van der Waals surface area contributed by atoms with Crippen LogP contribution in [0.5, 0.6) is 5.75 Å². The molecule has 0 spiro atoms. The topological polar surface area (TPSA) is 119 Å². The lowest BCUT2D eigenvalue weighted by atomic mass is 9.90. The Morgan fingerprint density at radius 2 is 1.90 bits per heavy atom. The first-order valence-electron chi connectivity index (χ1n) is 10.3. The van der Waals surface area contributed by atoms with E-state index in [0.717, 1.165) is 18.9 Å². The van der Waals surface area contributed by atoms with E-state index < -0.39 is 11.9 Å². The van der Waals surface area contributed by atoms with Crippen LogP contribution in [0.25, 0.3) is 0 Å². The maximum Gasteiger partial charge on any atom is 0.404 e. The number of ether oxygens (including phenoxy) is 1. The average molecular weight is 427 g/mol. The minimum Gasteiger partial charge on any atom is -0.491 e. The summed E-state index contributed by atoms with van der Waals surface area (Å²) in [6, 6.07) is 9.59. The van der Waals surface area contributed by atoms with Gasteiger partial charge in [-0.1, -0.05) is 12.8 Å². The summed E-state index contributed by atoms with van der Waals surface area (Å²) in [6.07, 6.45) is 2.10. The molecule has 0 unspecified atom stereocenters. The Morgan fingerprint density at radius 3 is 2.52 bits per heavy atom. The van der Waals surface area contributed by atoms with Crippen molar-refractivity contribution in [2.45, 2.75) is 57.7 Å². The largest absolute Gasteiger partial charge is 0.491 e. The molecule has 31 heavy (non-hydrogen) atoms. The fourth-order valence-corrected chi connectivity index (χ4v) is 3.61. The number of hydrogen-bond acceptors (Lipinski definition) is 6. The SMILES string of the molecule is CC(C)Oc1ccc(Nc2nc(N[C@@H]3CCCC[C@@H]3NC(=O)O)c(F)cc2C#N)cc1. The Bertz CT molecular complexity index is 959. The zero-order valence-electron chi connectivity index (χ0n) is 17.5. The molecule has 1 amide bonds. The van der Waals surface area contributed by atoms with Crippen molar-refractivity contribution in [3.63, 3.8) is 0 Å². The average Bonchev–Trinajstić information content (AvgIpc) is 2.72. The van der Waals surface area contributed by atoms with Gasteiger partial charge >= 0.3 is 6.09 Å². The van der Waals surface area contributed by atoms with Crippen LogP contribution in [0.3, 0.4) is 0 Å². The van der Waals surface area contributed by atoms with Gasteiger partial charge in [0.2, 0.25) is 0 Å². The summed E-state index contributed by atoms with van der Waals surface area (Å²) in [6.45, 7) is 3.87. The maximum absolute atomic E-state index is 14.6. The van der Waals surface area contributed by atoms with Gasteiger partial charge in [0, 0.05) is 11.7 Å². The molecule has 3 rings (SSSR count). The molecule has 1 aromatic carbocycles. The van der Waals surface area contributed by atoms with Gasteiger partial charge in [-0.2, -0.15) is 5.26 Å². The molecule has 8 nitrogen and oxygen atoms in total. The zero-order chi connectivity index (χ0) is 22.4. The number of aromatic nitrogens is 1. The van der Waals surface area contributed by atoms with Crippen LogP contribution < -0.4 is 20.7 Å². The van der Waals surface area contributed by atoms with E-state index in [0.29, 0.717) is 24.3 Å². The van der Waals surface area contributed by atoms with Gasteiger partial charge in [-0.25, -0.2) is 14.2 Å². The molecule has 2 aromatic rings. The van der Waals surface area contributed by atoms with Gasteiger partial charge in [0.1, 0.15) is 11.8 Å². The number of nitrogens with zero attached hydrogens (tertiary/aromatic N) is 2. The molecule has 0 radical (unpaired) electrons. The Kier molecular flexibility index (Phi) is 7.13. The summed E-state index contributed by atoms with van der Waals surface area (Å²) in [5.74, 6) is 0.236. The first-order valence-corrected chi connectivity index (χ1v) is 10.3. The van der Waals surface area contributed by atoms with Crippen molar-refractivity contribution in [3.8, 4) is 11.8 Å². The highest BCUT2D eigenvalue weighted by molar-refractivity contribution is 5.66. The molecule has 164 valence electrons. The molecule has 1 saturated carbocycles. The molecular weight excluding hydrogens is 401 g/mol. The number of benzene rings is 1. The summed E-state index contributed by atoms with van der Waals surface area (Å²) in [7, 11) is 0. The number of anilines is 3. The van der Waals surface area contributed by atoms with Gasteiger partial charge in [0.25, 0.3) is 0 Å². The number of halogens is 1. The third kappa shape index (κ3) is 5.98. The molecule has 1 fully saturated rings. The van der Waals surface area contributed by atoms with Crippen molar-refractivity contribution in [2.24, 2.45) is 0 Å². The number of carbonyl (C=O) groups is 1. The van der Waals surface area contributed by atoms with E-state index in [2.05, 4.69) is 20.9 Å². The van der Waals surface area contributed by atoms with Gasteiger partial charge in [-0.15, -0.1) is 0 Å². The van der Waals surface area contributed by atoms with Gasteiger partial charge in [-0.05, 0) is 57.0 Å². The van der Waals surface area contributed by atoms with Crippen LogP contribution in [0, 0.1) is 17.1 Å². The Hall–Kier alpha value is -3.54. The van der Waals surface area contributed by atoms with Gasteiger partial charge < -0.3 is 25.8 Å². The van der Waals surface area contributed by atoms with Crippen LogP contribution in [-0.2, 0) is 0 Å². The van der Waals surface area contributed by atoms with Crippen LogP contribution in [0.15, 0.2) is 30.3 Å². The Labute approximate surface area is 180 Å². The second-order valence-corrected chi connectivity index (χ2v) is 7.73. The monoisotopic (exact) mass is 427 g/mol. The van der Waals surface area contributed by atoms with Crippen LogP contribution >= 0.6 is 0 Å². The summed E-state index contributed by atoms with van der Waals surface area (Å²) in [5, 5.41) is 27.0. The smallest absolute Gasteiger partial charge is 0.404 e. The second-order valence-electron chi connectivity index (χ2n) is 7.73. The predicted molar refractivity (Wildman–Crippen MR) is 115 cm³/mol. The van der Waals surface area contributed by atoms with Crippen LogP contribution in [0.4, 0.5) is 26.5 Å². The molecule has 1 heterocycles. The van der Waals surface area contributed by atoms with Crippen LogP contribution in [-0.4, -0.2) is 34.4 Å². The fourth-order valence-electron chi connectivity index (χ4n) is 3.61. The standard InChI is InChI=1S/C22H26FN5O3/c1-13(2)31-16-9-7-15(8-10-16)25-20-14(12-24)11-17(23)21(28-20)26-18-5-3-4-6-19(18)27-22(29)30/h7-11,13,18-19,27H,3-6H2,1-2H3,(H,29,30)(H2,25,26,28)/t18-,19+/m1/s1. The molecule has 9 heteroatoms. The Morgan fingerprint density at radius 1 is 1.23 bits per heavy atom. The summed E-state index contributed by atoms with van der Waals surface area (Å²) in [4.78, 5) is 15.4. The van der Waals surface area contributed by atoms with Crippen molar-refractivity contribution in [1.29, 1.82) is 5.26 Å². The molecule has 1 aliphatic carbocycles. The summed E-state index contributed by atoms with van der Waals surface area (Å²) >= 11 is 0. The van der Waals surface area contributed by atoms with E-state index in [1.165, 1.54) is 0 Å². The van der Waals surface area contributed by atoms with Gasteiger partial charge in [0.15, 0.2) is 17.5 Å². The molecule has 4 N–H and O–H groups in total. The number of hydrogen-bond donors (Lipinski definition) is 4. The molecular formula is C22H26FN5O3. The van der Waals surface area contributed by atoms with E-state index in [9.17, 15) is 14.4 Å². The highest BCUT2D eigenvalue weighted by Crippen LogP contribution is 2.27. The van der Waals surface area contributed by atoms with E-state index in [-0.39, 0.29) is 35.4 Å². The quantitative estimate of drug-likeness (QED) is 0.509. The zero-order valence-corrected chi connectivity index (χ0v) is 17.5. The molecule has 0 saturated heterocycles. The van der Waals surface area contributed by atoms with Crippen molar-refractivity contribution in [3.05, 3.63) is 41.7 Å². The highest BCUT2D eigenvalue weighted by atomic mass is 19.1. The van der Waals surface area contributed by atoms with Crippen molar-refractivity contribution >= 4 is 23.4 Å². The number of pyridine rings is 1. The van der Waals surface area contributed by atoms with Gasteiger partial charge in [-0.3, -0.25) is 0 Å². The highest BCUT2D eigenvalue weighted by Gasteiger charge is 2.28. The number of nitriles is 1. The van der Waals surface area contributed by atoms with Crippen molar-refractivity contribution in [1.82, 2.24) is 10.3 Å². The summed E-state index contributed by atoms with van der Waals surface area (Å²) < 4.78 is 20.2. The van der Waals surface area contributed by atoms with Crippen molar-refractivity contribution in [2.75, 3.05) is 10.6 Å². The molecule has 0 aliphatic heterocycles. The lowest BCUT2D eigenvalue weighted by molar-refractivity contribution is 0.184. The van der Waals surface area contributed by atoms with Crippen LogP contribution in [0.2, 0.25) is 0 Å². The predicted octanol–water partition coefficient (Wildman–Crippen LogP) is 4.61. The Balaban J connectivity index is 1.81. The van der Waals surface area contributed by atoms with E-state index in [1.807, 2.05) is 19.9 Å². The third-order valence-electron chi connectivity index (χ3n) is 4.98. The lowest BCUT2D eigenvalue weighted by Crippen LogP contribution is -2.48. The first kappa shape index (κ1) is 22.2. The molecule has 1 aliphatic rings. The minimum absolute atomic E-state index is 0.0228. The van der Waals surface area contributed by atoms with E-state index in [1.54, 1.807) is 24.3 Å². The van der Waals surface area contributed by atoms with Crippen molar-refractivity contribution < 1.29 is 19.0 Å². The van der Waals surface area contributed by atoms with E-state index >= 15 is 0 Å². The molecule has 0 bridgehead atoms. The van der Waals surface area contributed by atoms with E-state index in [4.69, 9.17) is 9.84 Å². The maximum atomic E-state index is 14.6. The number of nitrogens with one attached hydrogen (secondary N) is 3. The summed E-state index contributed by atoms with van der Waals surface area (Å²) in [5.41, 5.74) is 0.732. The molecule has 2 atom stereocenters. The number of amides is 1. The number of carboxylic acid groups (broad SMARTS) is 1. The fraction of sp³-hybridized carbons (Fsp3) is 0.409. The second kappa shape index (κ2) is 9.98. The first-order chi connectivity index (χ1) is 14.9.